The molecule has 1 aromatic rings. The van der Waals surface area contributed by atoms with Crippen molar-refractivity contribution in [3.63, 3.8) is 0 Å². The summed E-state index contributed by atoms with van der Waals surface area (Å²) in [6, 6.07) is 8.76. The van der Waals surface area contributed by atoms with Gasteiger partial charge in [-0.1, -0.05) is 24.3 Å². The molecule has 2 rings (SSSR count). The number of rotatable bonds is 3. The van der Waals surface area contributed by atoms with Gasteiger partial charge in [-0.05, 0) is 24.0 Å². The molecule has 0 heterocycles. The van der Waals surface area contributed by atoms with E-state index < -0.39 is 0 Å². The Hall–Kier alpha value is -0.770. The minimum absolute atomic E-state index is 0. The second-order valence-corrected chi connectivity index (χ2v) is 3.72. The van der Waals surface area contributed by atoms with Crippen LogP contribution in [0.15, 0.2) is 24.3 Å². The Bertz CT molecular complexity index is 333. The highest BCUT2D eigenvalue weighted by Gasteiger charge is 2.20. The summed E-state index contributed by atoms with van der Waals surface area (Å²) in [7, 11) is 0. The molecular formula is C11H16Cl2N2O. The van der Waals surface area contributed by atoms with Crippen LogP contribution >= 0.6 is 24.8 Å². The van der Waals surface area contributed by atoms with E-state index in [0.29, 0.717) is 6.04 Å². The van der Waals surface area contributed by atoms with Crippen molar-refractivity contribution in [3.05, 3.63) is 35.4 Å². The largest absolute Gasteiger partial charge is 0.369 e. The minimum atomic E-state index is -0.291. The average molecular weight is 263 g/mol. The summed E-state index contributed by atoms with van der Waals surface area (Å²) in [6.07, 6.45) is 2.01. The minimum Gasteiger partial charge on any atom is -0.369 e. The van der Waals surface area contributed by atoms with Gasteiger partial charge in [-0.2, -0.15) is 0 Å². The van der Waals surface area contributed by atoms with Crippen molar-refractivity contribution in [2.24, 2.45) is 5.73 Å². The molecule has 0 spiro atoms. The molecule has 90 valence electrons. The molecule has 1 amide bonds. The van der Waals surface area contributed by atoms with E-state index in [-0.39, 0.29) is 37.3 Å². The van der Waals surface area contributed by atoms with Gasteiger partial charge in [-0.25, -0.2) is 0 Å². The fraction of sp³-hybridized carbons (Fsp3) is 0.364. The summed E-state index contributed by atoms with van der Waals surface area (Å²) in [4.78, 5) is 10.6. The molecule has 1 aliphatic rings. The van der Waals surface area contributed by atoms with Crippen LogP contribution in [0.2, 0.25) is 0 Å². The fourth-order valence-electron chi connectivity index (χ4n) is 1.95. The Labute approximate surface area is 108 Å². The summed E-state index contributed by atoms with van der Waals surface area (Å²) in [5, 5.41) is 3.15. The normalized spacial score (nSPS) is 13.5. The van der Waals surface area contributed by atoms with Crippen LogP contribution in [-0.2, 0) is 17.6 Å². The SMILES string of the molecule is Cl.Cl.NC(=O)CNC1Cc2ccccc2C1. The third-order valence-corrected chi connectivity index (χ3v) is 2.62. The lowest BCUT2D eigenvalue weighted by atomic mass is 10.1. The average Bonchev–Trinajstić information content (AvgIpc) is 2.57. The van der Waals surface area contributed by atoms with Gasteiger partial charge in [0.05, 0.1) is 6.54 Å². The molecule has 1 aromatic carbocycles. The Kier molecular flexibility index (Phi) is 6.41. The predicted octanol–water partition coefficient (Wildman–Crippen LogP) is 1.07. The standard InChI is InChI=1S/C11H14N2O.2ClH/c12-11(14)7-13-10-5-8-3-1-2-4-9(8)6-10;;/h1-4,10,13H,5-7H2,(H2,12,14);2*1H. The zero-order valence-corrected chi connectivity index (χ0v) is 10.4. The van der Waals surface area contributed by atoms with Gasteiger partial charge < -0.3 is 11.1 Å². The molecule has 0 radical (unpaired) electrons. The number of nitrogens with one attached hydrogen (secondary N) is 1. The fourth-order valence-corrected chi connectivity index (χ4v) is 1.95. The van der Waals surface area contributed by atoms with Gasteiger partial charge >= 0.3 is 0 Å². The number of amides is 1. The van der Waals surface area contributed by atoms with E-state index in [1.807, 2.05) is 0 Å². The highest BCUT2D eigenvalue weighted by atomic mass is 35.5. The Balaban J connectivity index is 0.00000112. The first-order valence-electron chi connectivity index (χ1n) is 4.84. The Morgan fingerprint density at radius 2 is 1.75 bits per heavy atom. The van der Waals surface area contributed by atoms with Crippen molar-refractivity contribution in [3.8, 4) is 0 Å². The first-order chi connectivity index (χ1) is 6.75. The maximum Gasteiger partial charge on any atom is 0.231 e. The number of carbonyl (C=O) groups is 1. The monoisotopic (exact) mass is 262 g/mol. The maximum atomic E-state index is 10.6. The lowest BCUT2D eigenvalue weighted by molar-refractivity contribution is -0.117. The molecule has 16 heavy (non-hydrogen) atoms. The molecule has 3 nitrogen and oxygen atoms in total. The van der Waals surface area contributed by atoms with Crippen molar-refractivity contribution in [1.29, 1.82) is 0 Å². The summed E-state index contributed by atoms with van der Waals surface area (Å²) in [6.45, 7) is 0.276. The Morgan fingerprint density at radius 3 is 2.19 bits per heavy atom. The number of hydrogen-bond donors (Lipinski definition) is 2. The molecule has 1 aliphatic carbocycles. The van der Waals surface area contributed by atoms with Gasteiger partial charge in [-0.3, -0.25) is 4.79 Å². The number of carbonyl (C=O) groups excluding carboxylic acids is 1. The topological polar surface area (TPSA) is 55.1 Å². The van der Waals surface area contributed by atoms with Crippen LogP contribution in [0, 0.1) is 0 Å². The smallest absolute Gasteiger partial charge is 0.231 e. The van der Waals surface area contributed by atoms with Crippen LogP contribution in [-0.4, -0.2) is 18.5 Å². The molecule has 0 aliphatic heterocycles. The number of halogens is 2. The molecule has 0 atom stereocenters. The van der Waals surface area contributed by atoms with Gasteiger partial charge in [0.1, 0.15) is 0 Å². The van der Waals surface area contributed by atoms with E-state index in [1.54, 1.807) is 0 Å². The van der Waals surface area contributed by atoms with Crippen LogP contribution in [0.1, 0.15) is 11.1 Å². The van der Waals surface area contributed by atoms with Crippen LogP contribution in [0.4, 0.5) is 0 Å². The van der Waals surface area contributed by atoms with E-state index in [2.05, 4.69) is 29.6 Å². The quantitative estimate of drug-likeness (QED) is 0.857. The molecular weight excluding hydrogens is 247 g/mol. The molecule has 0 aromatic heterocycles. The molecule has 0 saturated carbocycles. The van der Waals surface area contributed by atoms with E-state index in [0.717, 1.165) is 12.8 Å². The predicted molar refractivity (Wildman–Crippen MR) is 69.3 cm³/mol. The van der Waals surface area contributed by atoms with Crippen LogP contribution < -0.4 is 11.1 Å². The van der Waals surface area contributed by atoms with Gasteiger partial charge in [-0.15, -0.1) is 24.8 Å². The van der Waals surface area contributed by atoms with Crippen LogP contribution in [0.3, 0.4) is 0 Å². The maximum absolute atomic E-state index is 10.6. The van der Waals surface area contributed by atoms with Gasteiger partial charge in [0.25, 0.3) is 0 Å². The van der Waals surface area contributed by atoms with Crippen LogP contribution in [0.25, 0.3) is 0 Å². The van der Waals surface area contributed by atoms with Gasteiger partial charge in [0.2, 0.25) is 5.91 Å². The highest BCUT2D eigenvalue weighted by molar-refractivity contribution is 5.85. The summed E-state index contributed by atoms with van der Waals surface area (Å²) >= 11 is 0. The van der Waals surface area contributed by atoms with Crippen molar-refractivity contribution in [1.82, 2.24) is 5.32 Å². The van der Waals surface area contributed by atoms with Crippen molar-refractivity contribution in [2.75, 3.05) is 6.54 Å². The van der Waals surface area contributed by atoms with E-state index >= 15 is 0 Å². The summed E-state index contributed by atoms with van der Waals surface area (Å²) in [5.74, 6) is -0.291. The number of nitrogens with two attached hydrogens (primary N) is 1. The zero-order chi connectivity index (χ0) is 9.97. The Morgan fingerprint density at radius 1 is 1.25 bits per heavy atom. The lowest BCUT2D eigenvalue weighted by Crippen LogP contribution is -2.36. The first-order valence-corrected chi connectivity index (χ1v) is 4.84. The van der Waals surface area contributed by atoms with Gasteiger partial charge in [0.15, 0.2) is 0 Å². The van der Waals surface area contributed by atoms with E-state index in [9.17, 15) is 4.79 Å². The molecule has 0 unspecified atom stereocenters. The van der Waals surface area contributed by atoms with Gasteiger partial charge in [0, 0.05) is 6.04 Å². The van der Waals surface area contributed by atoms with Crippen molar-refractivity contribution >= 4 is 30.7 Å². The highest BCUT2D eigenvalue weighted by Crippen LogP contribution is 2.21. The van der Waals surface area contributed by atoms with E-state index in [1.165, 1.54) is 11.1 Å². The summed E-state index contributed by atoms with van der Waals surface area (Å²) < 4.78 is 0. The third kappa shape index (κ3) is 3.67. The lowest BCUT2D eigenvalue weighted by Gasteiger charge is -2.09. The molecule has 5 heteroatoms. The number of benzene rings is 1. The van der Waals surface area contributed by atoms with Crippen LogP contribution in [0.5, 0.6) is 0 Å². The van der Waals surface area contributed by atoms with E-state index in [4.69, 9.17) is 5.73 Å². The molecule has 0 saturated heterocycles. The molecule has 0 fully saturated rings. The molecule has 0 bridgehead atoms. The van der Waals surface area contributed by atoms with Crippen molar-refractivity contribution < 1.29 is 4.79 Å². The second-order valence-electron chi connectivity index (χ2n) is 3.72. The zero-order valence-electron chi connectivity index (χ0n) is 8.81. The van der Waals surface area contributed by atoms with Crippen molar-refractivity contribution in [2.45, 2.75) is 18.9 Å². The number of hydrogen-bond acceptors (Lipinski definition) is 2. The number of fused-ring (bicyclic) bond motifs is 1. The second kappa shape index (κ2) is 6.74. The third-order valence-electron chi connectivity index (χ3n) is 2.62. The number of primary amides is 1. The molecule has 3 N–H and O–H groups in total. The first kappa shape index (κ1) is 15.2. The summed E-state index contributed by atoms with van der Waals surface area (Å²) in [5.41, 5.74) is 7.84.